The van der Waals surface area contributed by atoms with Crippen LogP contribution in [0.4, 0.5) is 0 Å². The maximum atomic E-state index is 10.8. The van der Waals surface area contributed by atoms with E-state index < -0.39 is 5.41 Å². The van der Waals surface area contributed by atoms with Crippen LogP contribution in [0, 0.1) is 0 Å². The molecule has 0 aliphatic heterocycles. The summed E-state index contributed by atoms with van der Waals surface area (Å²) in [4.78, 5) is 0. The van der Waals surface area contributed by atoms with E-state index in [-0.39, 0.29) is 29.6 Å². The molecule has 0 spiro atoms. The molecule has 4 aromatic carbocycles. The largest absolute Gasteiger partial charge is 0.508 e. The van der Waals surface area contributed by atoms with Crippen molar-refractivity contribution in [1.82, 2.24) is 0 Å². The summed E-state index contributed by atoms with van der Waals surface area (Å²) < 4.78 is 0. The normalized spacial score (nSPS) is 10.8. The van der Waals surface area contributed by atoms with Gasteiger partial charge in [-0.05, 0) is 22.8 Å². The van der Waals surface area contributed by atoms with E-state index in [1.54, 1.807) is 6.07 Å². The SMILES string of the molecule is Oc1ccccc1C(c1ccccc1)(c1ccccc1)c1ccccc1.[Na]. The Bertz CT molecular complexity index is 886. The molecule has 0 heterocycles. The van der Waals surface area contributed by atoms with Gasteiger partial charge < -0.3 is 5.11 Å². The average Bonchev–Trinajstić information content (AvgIpc) is 2.72. The Balaban J connectivity index is 0.00000210. The number of phenols is 1. The Hall–Kier alpha value is -2.32. The predicted molar refractivity (Wildman–Crippen MR) is 112 cm³/mol. The van der Waals surface area contributed by atoms with E-state index in [2.05, 4.69) is 72.8 Å². The van der Waals surface area contributed by atoms with Crippen LogP contribution in [0.25, 0.3) is 0 Å². The van der Waals surface area contributed by atoms with Gasteiger partial charge in [0, 0.05) is 35.1 Å². The van der Waals surface area contributed by atoms with Crippen molar-refractivity contribution in [2.24, 2.45) is 0 Å². The fourth-order valence-corrected chi connectivity index (χ4v) is 3.82. The number of rotatable bonds is 4. The quantitative estimate of drug-likeness (QED) is 0.382. The number of phenolic OH excluding ortho intramolecular Hbond substituents is 1. The van der Waals surface area contributed by atoms with E-state index in [1.165, 1.54) is 0 Å². The van der Waals surface area contributed by atoms with Crippen molar-refractivity contribution in [3.63, 3.8) is 0 Å². The summed E-state index contributed by atoms with van der Waals surface area (Å²) in [7, 11) is 0. The number of aromatic hydroxyl groups is 1. The second-order valence-corrected chi connectivity index (χ2v) is 6.37. The molecule has 0 atom stereocenters. The predicted octanol–water partition coefficient (Wildman–Crippen LogP) is 5.39. The molecule has 0 unspecified atom stereocenters. The van der Waals surface area contributed by atoms with E-state index in [9.17, 15) is 5.11 Å². The van der Waals surface area contributed by atoms with Crippen LogP contribution in [0.15, 0.2) is 115 Å². The van der Waals surface area contributed by atoms with E-state index in [1.807, 2.05) is 36.4 Å². The first-order chi connectivity index (χ1) is 12.8. The Morgan fingerprint density at radius 1 is 0.444 bits per heavy atom. The monoisotopic (exact) mass is 359 g/mol. The van der Waals surface area contributed by atoms with Crippen molar-refractivity contribution in [2.45, 2.75) is 5.41 Å². The minimum atomic E-state index is -0.588. The van der Waals surface area contributed by atoms with Gasteiger partial charge in [-0.2, -0.15) is 0 Å². The van der Waals surface area contributed by atoms with Crippen LogP contribution in [0.2, 0.25) is 0 Å². The number of hydrogen-bond donors (Lipinski definition) is 1. The van der Waals surface area contributed by atoms with E-state index >= 15 is 0 Å². The zero-order valence-electron chi connectivity index (χ0n) is 15.4. The Kier molecular flexibility index (Phi) is 6.18. The fourth-order valence-electron chi connectivity index (χ4n) is 3.82. The summed E-state index contributed by atoms with van der Waals surface area (Å²) in [5.41, 5.74) is 3.66. The molecule has 0 aromatic heterocycles. The van der Waals surface area contributed by atoms with Crippen molar-refractivity contribution < 1.29 is 5.11 Å². The van der Waals surface area contributed by atoms with Gasteiger partial charge in [0.1, 0.15) is 5.75 Å². The molecule has 0 fully saturated rings. The third-order valence-electron chi connectivity index (χ3n) is 4.93. The first-order valence-electron chi connectivity index (χ1n) is 8.78. The van der Waals surface area contributed by atoms with Crippen LogP contribution in [0.3, 0.4) is 0 Å². The molecular weight excluding hydrogens is 339 g/mol. The second kappa shape index (κ2) is 8.58. The molecule has 27 heavy (non-hydrogen) atoms. The standard InChI is InChI=1S/C25H20O.Na/c26-24-19-11-10-18-23(24)25(20-12-4-1-5-13-20,21-14-6-2-7-15-21)22-16-8-3-9-17-22;/h1-19,26H;. The van der Waals surface area contributed by atoms with Crippen LogP contribution >= 0.6 is 0 Å². The molecule has 0 bridgehead atoms. The molecule has 0 saturated carbocycles. The Morgan fingerprint density at radius 3 is 1.15 bits per heavy atom. The molecule has 4 rings (SSSR count). The van der Waals surface area contributed by atoms with E-state index in [0.717, 1.165) is 22.3 Å². The van der Waals surface area contributed by atoms with Crippen LogP contribution in [-0.4, -0.2) is 34.7 Å². The van der Waals surface area contributed by atoms with Gasteiger partial charge in [0.15, 0.2) is 0 Å². The molecule has 0 aliphatic rings. The third-order valence-corrected chi connectivity index (χ3v) is 4.93. The summed E-state index contributed by atoms with van der Waals surface area (Å²) in [6.45, 7) is 0. The van der Waals surface area contributed by atoms with Gasteiger partial charge in [-0.3, -0.25) is 0 Å². The maximum Gasteiger partial charge on any atom is 0.120 e. The summed E-state index contributed by atoms with van der Waals surface area (Å²) in [6, 6.07) is 38.8. The van der Waals surface area contributed by atoms with Gasteiger partial charge in [0.25, 0.3) is 0 Å². The van der Waals surface area contributed by atoms with Gasteiger partial charge in [-0.1, -0.05) is 109 Å². The summed E-state index contributed by atoms with van der Waals surface area (Å²) in [6.07, 6.45) is 0. The smallest absolute Gasteiger partial charge is 0.120 e. The minimum Gasteiger partial charge on any atom is -0.508 e. The van der Waals surface area contributed by atoms with Gasteiger partial charge >= 0.3 is 0 Å². The molecule has 1 radical (unpaired) electrons. The molecule has 1 nitrogen and oxygen atoms in total. The summed E-state index contributed by atoms with van der Waals surface area (Å²) in [5.74, 6) is 0.295. The van der Waals surface area contributed by atoms with Gasteiger partial charge in [0.2, 0.25) is 0 Å². The molecule has 127 valence electrons. The topological polar surface area (TPSA) is 20.2 Å². The average molecular weight is 359 g/mol. The minimum absolute atomic E-state index is 0. The van der Waals surface area contributed by atoms with Crippen LogP contribution in [-0.2, 0) is 5.41 Å². The number of hydrogen-bond acceptors (Lipinski definition) is 1. The number of para-hydroxylation sites is 1. The van der Waals surface area contributed by atoms with Crippen molar-refractivity contribution >= 4 is 29.6 Å². The van der Waals surface area contributed by atoms with Crippen molar-refractivity contribution in [2.75, 3.05) is 0 Å². The molecular formula is C25H20NaO. The van der Waals surface area contributed by atoms with Gasteiger partial charge in [-0.15, -0.1) is 0 Å². The summed E-state index contributed by atoms with van der Waals surface area (Å²) in [5, 5.41) is 10.8. The van der Waals surface area contributed by atoms with Crippen molar-refractivity contribution in [3.05, 3.63) is 138 Å². The Labute approximate surface area is 182 Å². The maximum absolute atomic E-state index is 10.8. The van der Waals surface area contributed by atoms with E-state index in [0.29, 0.717) is 5.75 Å². The molecule has 0 aliphatic carbocycles. The van der Waals surface area contributed by atoms with Crippen molar-refractivity contribution in [1.29, 1.82) is 0 Å². The van der Waals surface area contributed by atoms with Crippen LogP contribution < -0.4 is 0 Å². The van der Waals surface area contributed by atoms with Gasteiger partial charge in [0.05, 0.1) is 5.41 Å². The molecule has 2 heteroatoms. The summed E-state index contributed by atoms with van der Waals surface area (Å²) >= 11 is 0. The first kappa shape index (κ1) is 19.4. The second-order valence-electron chi connectivity index (χ2n) is 6.37. The van der Waals surface area contributed by atoms with Crippen molar-refractivity contribution in [3.8, 4) is 5.75 Å². The molecule has 1 N–H and O–H groups in total. The molecule has 4 aromatic rings. The molecule has 0 saturated heterocycles. The van der Waals surface area contributed by atoms with E-state index in [4.69, 9.17) is 0 Å². The van der Waals surface area contributed by atoms with Crippen LogP contribution in [0.1, 0.15) is 22.3 Å². The number of benzene rings is 4. The zero-order valence-corrected chi connectivity index (χ0v) is 17.4. The molecule has 0 amide bonds. The first-order valence-corrected chi connectivity index (χ1v) is 8.78. The zero-order chi connectivity index (χ0) is 17.8. The Morgan fingerprint density at radius 2 is 0.778 bits per heavy atom. The van der Waals surface area contributed by atoms with Gasteiger partial charge in [-0.25, -0.2) is 0 Å². The third kappa shape index (κ3) is 3.46. The fraction of sp³-hybridized carbons (Fsp3) is 0.0400. The van der Waals surface area contributed by atoms with Crippen LogP contribution in [0.5, 0.6) is 5.75 Å².